The third kappa shape index (κ3) is 3.12. The van der Waals surface area contributed by atoms with Crippen molar-refractivity contribution in [3.8, 4) is 0 Å². The fourth-order valence-electron chi connectivity index (χ4n) is 1.87. The van der Waals surface area contributed by atoms with Crippen molar-refractivity contribution < 1.29 is 9.84 Å². The predicted molar refractivity (Wildman–Crippen MR) is 53.5 cm³/mol. The number of hydrogen-bond acceptors (Lipinski definition) is 2. The molecular weight excluding hydrogens is 164 g/mol. The summed E-state index contributed by atoms with van der Waals surface area (Å²) in [6.07, 6.45) is 2.64. The lowest BCUT2D eigenvalue weighted by Gasteiger charge is -2.31. The van der Waals surface area contributed by atoms with Crippen LogP contribution in [0, 0.1) is 11.8 Å². The molecule has 0 aromatic heterocycles. The van der Waals surface area contributed by atoms with Crippen molar-refractivity contribution in [1.82, 2.24) is 0 Å². The Hall–Kier alpha value is -0.340. The predicted octanol–water partition coefficient (Wildman–Crippen LogP) is 1.99. The minimum atomic E-state index is -0.288. The van der Waals surface area contributed by atoms with Gasteiger partial charge >= 0.3 is 0 Å². The minimum absolute atomic E-state index is 0.288. The van der Waals surface area contributed by atoms with Crippen LogP contribution in [-0.2, 0) is 4.74 Å². The van der Waals surface area contributed by atoms with E-state index in [1.807, 2.05) is 19.9 Å². The summed E-state index contributed by atoms with van der Waals surface area (Å²) in [5.74, 6) is 0.850. The Bertz CT molecular complexity index is 183. The lowest BCUT2D eigenvalue weighted by molar-refractivity contribution is -0.0154. The molecule has 0 aromatic carbocycles. The highest BCUT2D eigenvalue weighted by atomic mass is 16.5. The summed E-state index contributed by atoms with van der Waals surface area (Å²) in [6, 6.07) is 0. The summed E-state index contributed by atoms with van der Waals surface area (Å²) >= 11 is 0. The Morgan fingerprint density at radius 1 is 1.54 bits per heavy atom. The van der Waals surface area contributed by atoms with Crippen LogP contribution in [0.25, 0.3) is 0 Å². The molecule has 1 rings (SSSR count). The Labute approximate surface area is 80.6 Å². The molecule has 1 heterocycles. The molecule has 0 saturated carbocycles. The van der Waals surface area contributed by atoms with E-state index in [9.17, 15) is 5.11 Å². The molecule has 1 aliphatic heterocycles. The minimum Gasteiger partial charge on any atom is -0.389 e. The summed E-state index contributed by atoms with van der Waals surface area (Å²) in [5.41, 5.74) is 1.19. The Balaban J connectivity index is 2.53. The molecular formula is C11H20O2. The van der Waals surface area contributed by atoms with Gasteiger partial charge in [-0.3, -0.25) is 0 Å². The lowest BCUT2D eigenvalue weighted by atomic mass is 9.84. The molecule has 0 radical (unpaired) electrons. The third-order valence-electron chi connectivity index (χ3n) is 2.65. The first-order valence-corrected chi connectivity index (χ1v) is 5.02. The van der Waals surface area contributed by atoms with Gasteiger partial charge in [-0.2, -0.15) is 0 Å². The van der Waals surface area contributed by atoms with Gasteiger partial charge in [-0.1, -0.05) is 18.6 Å². The first kappa shape index (κ1) is 10.7. The molecule has 0 amide bonds. The summed E-state index contributed by atoms with van der Waals surface area (Å²) in [6.45, 7) is 7.77. The van der Waals surface area contributed by atoms with E-state index in [2.05, 4.69) is 6.92 Å². The van der Waals surface area contributed by atoms with Crippen molar-refractivity contribution in [2.75, 3.05) is 13.2 Å². The van der Waals surface area contributed by atoms with E-state index >= 15 is 0 Å². The third-order valence-corrected chi connectivity index (χ3v) is 2.65. The zero-order chi connectivity index (χ0) is 9.84. The molecule has 76 valence electrons. The van der Waals surface area contributed by atoms with Crippen LogP contribution in [0.15, 0.2) is 11.6 Å². The summed E-state index contributed by atoms with van der Waals surface area (Å²) < 4.78 is 5.34. The highest BCUT2D eigenvalue weighted by Crippen LogP contribution is 2.25. The fraction of sp³-hybridized carbons (Fsp3) is 0.818. The van der Waals surface area contributed by atoms with Gasteiger partial charge in [0.25, 0.3) is 0 Å². The molecule has 0 bridgehead atoms. The molecule has 3 atom stereocenters. The van der Waals surface area contributed by atoms with Gasteiger partial charge in [0.1, 0.15) is 0 Å². The van der Waals surface area contributed by atoms with Gasteiger partial charge in [0.05, 0.1) is 6.10 Å². The first-order valence-electron chi connectivity index (χ1n) is 5.02. The molecule has 0 spiro atoms. The van der Waals surface area contributed by atoms with E-state index in [0.717, 1.165) is 19.6 Å². The van der Waals surface area contributed by atoms with Crippen molar-refractivity contribution in [3.05, 3.63) is 11.6 Å². The molecule has 2 heteroatoms. The SMILES string of the molecule is CC(C)=CC(O)C1CCOCC1C. The summed E-state index contributed by atoms with van der Waals surface area (Å²) in [5, 5.41) is 9.88. The fourth-order valence-corrected chi connectivity index (χ4v) is 1.87. The second kappa shape index (κ2) is 4.77. The summed E-state index contributed by atoms with van der Waals surface area (Å²) in [4.78, 5) is 0. The Morgan fingerprint density at radius 3 is 2.77 bits per heavy atom. The number of rotatable bonds is 2. The van der Waals surface area contributed by atoms with E-state index in [1.165, 1.54) is 5.57 Å². The zero-order valence-corrected chi connectivity index (χ0v) is 8.79. The van der Waals surface area contributed by atoms with Crippen molar-refractivity contribution in [2.24, 2.45) is 11.8 Å². The number of hydrogen-bond donors (Lipinski definition) is 1. The standard InChI is InChI=1S/C11H20O2/c1-8(2)6-11(12)10-4-5-13-7-9(10)3/h6,9-12H,4-5,7H2,1-3H3. The van der Waals surface area contributed by atoms with E-state index in [-0.39, 0.29) is 6.10 Å². The van der Waals surface area contributed by atoms with Crippen LogP contribution in [0.1, 0.15) is 27.2 Å². The monoisotopic (exact) mass is 184 g/mol. The van der Waals surface area contributed by atoms with Crippen LogP contribution in [0.2, 0.25) is 0 Å². The molecule has 0 aromatic rings. The van der Waals surface area contributed by atoms with Crippen LogP contribution < -0.4 is 0 Å². The molecule has 1 aliphatic rings. The molecule has 2 nitrogen and oxygen atoms in total. The van der Waals surface area contributed by atoms with E-state index in [0.29, 0.717) is 11.8 Å². The maximum atomic E-state index is 9.88. The van der Waals surface area contributed by atoms with Crippen molar-refractivity contribution in [1.29, 1.82) is 0 Å². The van der Waals surface area contributed by atoms with E-state index in [4.69, 9.17) is 4.74 Å². The Morgan fingerprint density at radius 2 is 2.23 bits per heavy atom. The molecule has 0 aliphatic carbocycles. The van der Waals surface area contributed by atoms with Crippen LogP contribution in [0.3, 0.4) is 0 Å². The average molecular weight is 184 g/mol. The zero-order valence-electron chi connectivity index (χ0n) is 8.79. The van der Waals surface area contributed by atoms with Crippen LogP contribution in [0.4, 0.5) is 0 Å². The van der Waals surface area contributed by atoms with Crippen LogP contribution in [-0.4, -0.2) is 24.4 Å². The van der Waals surface area contributed by atoms with E-state index in [1.54, 1.807) is 0 Å². The second-order valence-corrected chi connectivity index (χ2v) is 4.24. The smallest absolute Gasteiger partial charge is 0.0755 e. The first-order chi connectivity index (χ1) is 6.11. The van der Waals surface area contributed by atoms with Gasteiger partial charge in [-0.15, -0.1) is 0 Å². The van der Waals surface area contributed by atoms with Crippen LogP contribution >= 0.6 is 0 Å². The highest BCUT2D eigenvalue weighted by Gasteiger charge is 2.26. The second-order valence-electron chi connectivity index (χ2n) is 4.24. The van der Waals surface area contributed by atoms with Gasteiger partial charge in [0.2, 0.25) is 0 Å². The largest absolute Gasteiger partial charge is 0.389 e. The van der Waals surface area contributed by atoms with Crippen molar-refractivity contribution >= 4 is 0 Å². The quantitative estimate of drug-likeness (QED) is 0.665. The summed E-state index contributed by atoms with van der Waals surface area (Å²) in [7, 11) is 0. The van der Waals surface area contributed by atoms with Gasteiger partial charge in [-0.25, -0.2) is 0 Å². The maximum Gasteiger partial charge on any atom is 0.0755 e. The average Bonchev–Trinajstić information content (AvgIpc) is 2.03. The number of aliphatic hydroxyl groups is 1. The molecule has 1 N–H and O–H groups in total. The number of ether oxygens (including phenoxy) is 1. The number of aliphatic hydroxyl groups excluding tert-OH is 1. The number of allylic oxidation sites excluding steroid dienone is 1. The normalized spacial score (nSPS) is 31.1. The maximum absolute atomic E-state index is 9.88. The van der Waals surface area contributed by atoms with Gasteiger partial charge in [0.15, 0.2) is 0 Å². The topological polar surface area (TPSA) is 29.5 Å². The van der Waals surface area contributed by atoms with Crippen molar-refractivity contribution in [2.45, 2.75) is 33.3 Å². The van der Waals surface area contributed by atoms with E-state index < -0.39 is 0 Å². The van der Waals surface area contributed by atoms with Gasteiger partial charge < -0.3 is 9.84 Å². The van der Waals surface area contributed by atoms with Gasteiger partial charge in [-0.05, 0) is 32.1 Å². The molecule has 3 unspecified atom stereocenters. The van der Waals surface area contributed by atoms with Crippen LogP contribution in [0.5, 0.6) is 0 Å². The molecule has 1 fully saturated rings. The molecule has 1 saturated heterocycles. The molecule has 13 heavy (non-hydrogen) atoms. The van der Waals surface area contributed by atoms with Gasteiger partial charge in [0, 0.05) is 13.2 Å². The van der Waals surface area contributed by atoms with Crippen molar-refractivity contribution in [3.63, 3.8) is 0 Å². The highest BCUT2D eigenvalue weighted by molar-refractivity contribution is 5.00. The Kier molecular flexibility index (Phi) is 3.94. The lowest BCUT2D eigenvalue weighted by Crippen LogP contribution is -2.33.